The number of carboxylic acids is 1. The minimum absolute atomic E-state index is 0.132. The largest absolute Gasteiger partial charge is 0.481 e. The number of hydrogen-bond acceptors (Lipinski definition) is 5. The van der Waals surface area contributed by atoms with Crippen molar-refractivity contribution in [2.24, 2.45) is 0 Å². The van der Waals surface area contributed by atoms with Crippen molar-refractivity contribution in [2.45, 2.75) is 76.0 Å². The standard InChI is InChI=1S/C27H33Cl2NO6S/c1-17(13-14-37(34,35)26(2,3)4)30-23(18-9-11-20(28)12-10-18)24(19-7-6-8-21(29)15-19)36-27(5,25(30)33)16-22(31)32/h6-12,15,17,23-24H,13-14,16H2,1-5H3,(H,31,32)/t17-,23+,24+,27+/m0/s1. The number of halogens is 2. The van der Waals surface area contributed by atoms with Crippen molar-refractivity contribution in [3.63, 3.8) is 0 Å². The third kappa shape index (κ3) is 6.48. The van der Waals surface area contributed by atoms with Gasteiger partial charge in [0, 0.05) is 16.1 Å². The highest BCUT2D eigenvalue weighted by Gasteiger charge is 2.53. The molecule has 1 heterocycles. The SMILES string of the molecule is C[C@@H](CCS(=O)(=O)C(C)(C)C)N1C(=O)[C@@](C)(CC(=O)O)O[C@H](c2cccc(Cl)c2)[C@H]1c1ccc(Cl)cc1. The van der Waals surface area contributed by atoms with Crippen LogP contribution in [0.25, 0.3) is 0 Å². The Morgan fingerprint density at radius 1 is 1.11 bits per heavy atom. The summed E-state index contributed by atoms with van der Waals surface area (Å²) in [5.74, 6) is -1.84. The molecule has 0 radical (unpaired) electrons. The molecule has 0 spiro atoms. The normalized spacial score (nSPS) is 23.6. The van der Waals surface area contributed by atoms with Gasteiger partial charge in [-0.3, -0.25) is 9.59 Å². The smallest absolute Gasteiger partial charge is 0.306 e. The summed E-state index contributed by atoms with van der Waals surface area (Å²) in [7, 11) is -3.45. The molecule has 0 unspecified atom stereocenters. The Hall–Kier alpha value is -2.13. The van der Waals surface area contributed by atoms with E-state index in [1.54, 1.807) is 75.1 Å². The van der Waals surface area contributed by atoms with Gasteiger partial charge in [0.2, 0.25) is 0 Å². The van der Waals surface area contributed by atoms with Gasteiger partial charge in [-0.1, -0.05) is 47.5 Å². The molecule has 0 aliphatic carbocycles. The lowest BCUT2D eigenvalue weighted by Gasteiger charge is -2.51. The van der Waals surface area contributed by atoms with E-state index in [1.807, 2.05) is 6.07 Å². The minimum Gasteiger partial charge on any atom is -0.481 e. The summed E-state index contributed by atoms with van der Waals surface area (Å²) in [4.78, 5) is 27.3. The lowest BCUT2D eigenvalue weighted by atomic mass is 9.86. The summed E-state index contributed by atoms with van der Waals surface area (Å²) >= 11 is 12.4. The van der Waals surface area contributed by atoms with E-state index in [1.165, 1.54) is 6.92 Å². The maximum Gasteiger partial charge on any atom is 0.306 e. The Balaban J connectivity index is 2.16. The van der Waals surface area contributed by atoms with Crippen molar-refractivity contribution in [3.05, 3.63) is 69.7 Å². The first-order valence-electron chi connectivity index (χ1n) is 12.0. The number of benzene rings is 2. The van der Waals surface area contributed by atoms with Crippen molar-refractivity contribution < 1.29 is 27.9 Å². The molecule has 0 saturated carbocycles. The number of sulfone groups is 1. The molecule has 3 rings (SSSR count). The Morgan fingerprint density at radius 2 is 1.73 bits per heavy atom. The number of amides is 1. The van der Waals surface area contributed by atoms with Gasteiger partial charge < -0.3 is 14.7 Å². The first kappa shape index (κ1) is 29.4. The maximum atomic E-state index is 14.0. The number of carboxylic acid groups (broad SMARTS) is 1. The quantitative estimate of drug-likeness (QED) is 0.427. The van der Waals surface area contributed by atoms with Gasteiger partial charge in [-0.15, -0.1) is 0 Å². The molecular weight excluding hydrogens is 537 g/mol. The van der Waals surface area contributed by atoms with Gasteiger partial charge >= 0.3 is 5.97 Å². The van der Waals surface area contributed by atoms with Crippen LogP contribution in [0.4, 0.5) is 0 Å². The number of hydrogen-bond donors (Lipinski definition) is 1. The molecule has 1 fully saturated rings. The van der Waals surface area contributed by atoms with Crippen LogP contribution in [0.1, 0.15) is 70.7 Å². The molecule has 4 atom stereocenters. The minimum atomic E-state index is -3.45. The van der Waals surface area contributed by atoms with E-state index in [9.17, 15) is 23.1 Å². The molecule has 37 heavy (non-hydrogen) atoms. The highest BCUT2D eigenvalue weighted by atomic mass is 35.5. The van der Waals surface area contributed by atoms with Crippen LogP contribution in [-0.4, -0.2) is 52.4 Å². The van der Waals surface area contributed by atoms with Gasteiger partial charge in [-0.05, 0) is 76.4 Å². The first-order chi connectivity index (χ1) is 17.1. The predicted octanol–water partition coefficient (Wildman–Crippen LogP) is 5.86. The molecule has 2 aromatic rings. The second kappa shape index (κ2) is 10.9. The topological polar surface area (TPSA) is 101 Å². The van der Waals surface area contributed by atoms with Gasteiger partial charge in [-0.25, -0.2) is 8.42 Å². The van der Waals surface area contributed by atoms with Crippen LogP contribution in [0.15, 0.2) is 48.5 Å². The molecule has 10 heteroatoms. The molecular formula is C27H33Cl2NO6S. The zero-order valence-electron chi connectivity index (χ0n) is 21.6. The van der Waals surface area contributed by atoms with E-state index < -0.39 is 56.7 Å². The van der Waals surface area contributed by atoms with Crippen molar-refractivity contribution >= 4 is 44.9 Å². The van der Waals surface area contributed by atoms with Crippen LogP contribution in [0.3, 0.4) is 0 Å². The van der Waals surface area contributed by atoms with Gasteiger partial charge in [0.25, 0.3) is 5.91 Å². The second-order valence-electron chi connectivity index (χ2n) is 10.7. The van der Waals surface area contributed by atoms with Crippen LogP contribution in [-0.2, 0) is 24.2 Å². The van der Waals surface area contributed by atoms with Crippen molar-refractivity contribution in [3.8, 4) is 0 Å². The fraction of sp³-hybridized carbons (Fsp3) is 0.481. The summed E-state index contributed by atoms with van der Waals surface area (Å²) in [6, 6.07) is 12.7. The van der Waals surface area contributed by atoms with Gasteiger partial charge in [-0.2, -0.15) is 0 Å². The Bertz CT molecular complexity index is 1260. The zero-order valence-corrected chi connectivity index (χ0v) is 23.9. The van der Waals surface area contributed by atoms with E-state index in [0.717, 1.165) is 0 Å². The summed E-state index contributed by atoms with van der Waals surface area (Å²) in [5.41, 5.74) is -0.305. The van der Waals surface area contributed by atoms with Crippen molar-refractivity contribution in [2.75, 3.05) is 5.75 Å². The molecule has 1 amide bonds. The number of carbonyl (C=O) groups excluding carboxylic acids is 1. The summed E-state index contributed by atoms with van der Waals surface area (Å²) < 4.78 is 31.1. The number of aliphatic carboxylic acids is 1. The van der Waals surface area contributed by atoms with Crippen molar-refractivity contribution in [1.29, 1.82) is 0 Å². The van der Waals surface area contributed by atoms with Crippen LogP contribution in [0.5, 0.6) is 0 Å². The number of rotatable bonds is 8. The van der Waals surface area contributed by atoms with Crippen LogP contribution >= 0.6 is 23.2 Å². The lowest BCUT2D eigenvalue weighted by Crippen LogP contribution is -2.60. The van der Waals surface area contributed by atoms with E-state index in [0.29, 0.717) is 21.2 Å². The van der Waals surface area contributed by atoms with Crippen LogP contribution in [0, 0.1) is 0 Å². The summed E-state index contributed by atoms with van der Waals surface area (Å²) in [6.45, 7) is 8.17. The zero-order chi connectivity index (χ0) is 27.8. The summed E-state index contributed by atoms with van der Waals surface area (Å²) in [6.07, 6.45) is -1.16. The highest BCUT2D eigenvalue weighted by molar-refractivity contribution is 7.92. The fourth-order valence-corrected chi connectivity index (χ4v) is 6.11. The van der Waals surface area contributed by atoms with Gasteiger partial charge in [0.05, 0.1) is 23.0 Å². The summed E-state index contributed by atoms with van der Waals surface area (Å²) in [5, 5.41) is 10.6. The average molecular weight is 571 g/mol. The van der Waals surface area contributed by atoms with Crippen LogP contribution in [0.2, 0.25) is 10.0 Å². The lowest BCUT2D eigenvalue weighted by molar-refractivity contribution is -0.206. The van der Waals surface area contributed by atoms with Crippen LogP contribution < -0.4 is 0 Å². The first-order valence-corrected chi connectivity index (χ1v) is 14.4. The number of carbonyl (C=O) groups is 2. The number of nitrogens with zero attached hydrogens (tertiary/aromatic N) is 1. The second-order valence-corrected chi connectivity index (χ2v) is 14.4. The molecule has 0 aromatic heterocycles. The maximum absolute atomic E-state index is 14.0. The Labute approximate surface area is 228 Å². The molecule has 1 aliphatic rings. The van der Waals surface area contributed by atoms with E-state index in [4.69, 9.17) is 27.9 Å². The number of morpholine rings is 1. The van der Waals surface area contributed by atoms with E-state index in [-0.39, 0.29) is 12.2 Å². The van der Waals surface area contributed by atoms with Gasteiger partial charge in [0.15, 0.2) is 15.4 Å². The Kier molecular flexibility index (Phi) is 8.69. The average Bonchev–Trinajstić information content (AvgIpc) is 2.78. The monoisotopic (exact) mass is 569 g/mol. The third-order valence-electron chi connectivity index (χ3n) is 6.75. The third-order valence-corrected chi connectivity index (χ3v) is 9.88. The molecule has 1 aliphatic heterocycles. The predicted molar refractivity (Wildman–Crippen MR) is 145 cm³/mol. The molecule has 202 valence electrons. The van der Waals surface area contributed by atoms with E-state index in [2.05, 4.69) is 0 Å². The fourth-order valence-electron chi connectivity index (χ4n) is 4.52. The highest BCUT2D eigenvalue weighted by Crippen LogP contribution is 2.47. The molecule has 1 N–H and O–H groups in total. The molecule has 1 saturated heterocycles. The van der Waals surface area contributed by atoms with E-state index >= 15 is 0 Å². The molecule has 0 bridgehead atoms. The Morgan fingerprint density at radius 3 is 2.27 bits per heavy atom. The number of ether oxygens (including phenoxy) is 1. The molecule has 7 nitrogen and oxygen atoms in total. The molecule has 2 aromatic carbocycles. The van der Waals surface area contributed by atoms with Gasteiger partial charge in [0.1, 0.15) is 6.10 Å². The van der Waals surface area contributed by atoms with Crippen molar-refractivity contribution in [1.82, 2.24) is 4.90 Å².